The molecule has 2 N–H and O–H groups in total. The molecule has 1 amide bonds. The van der Waals surface area contributed by atoms with Gasteiger partial charge in [0, 0.05) is 48.7 Å². The maximum Gasteiger partial charge on any atom is 0.251 e. The lowest BCUT2D eigenvalue weighted by atomic mass is 9.96. The summed E-state index contributed by atoms with van der Waals surface area (Å²) in [5.41, 5.74) is 2.67. The van der Waals surface area contributed by atoms with Crippen molar-refractivity contribution in [1.82, 2.24) is 20.2 Å². The number of carbonyl (C=O) groups is 1. The molecule has 2 heterocycles. The molecular formula is C26H37N5O. The van der Waals surface area contributed by atoms with Gasteiger partial charge in [-0.15, -0.1) is 0 Å². The molecule has 1 aromatic heterocycles. The lowest BCUT2D eigenvalue weighted by Gasteiger charge is -2.33. The van der Waals surface area contributed by atoms with Gasteiger partial charge in [0.25, 0.3) is 5.91 Å². The van der Waals surface area contributed by atoms with Crippen molar-refractivity contribution in [2.75, 3.05) is 25.0 Å². The van der Waals surface area contributed by atoms with Crippen LogP contribution in [0.2, 0.25) is 0 Å². The van der Waals surface area contributed by atoms with E-state index in [0.717, 1.165) is 24.1 Å². The smallest absolute Gasteiger partial charge is 0.251 e. The highest BCUT2D eigenvalue weighted by atomic mass is 16.1. The van der Waals surface area contributed by atoms with E-state index in [1.807, 2.05) is 36.7 Å². The van der Waals surface area contributed by atoms with Crippen molar-refractivity contribution < 1.29 is 4.79 Å². The van der Waals surface area contributed by atoms with Gasteiger partial charge in [-0.3, -0.25) is 4.79 Å². The maximum atomic E-state index is 12.5. The van der Waals surface area contributed by atoms with Gasteiger partial charge in [-0.2, -0.15) is 0 Å². The summed E-state index contributed by atoms with van der Waals surface area (Å²) >= 11 is 0. The first-order chi connectivity index (χ1) is 15.7. The van der Waals surface area contributed by atoms with Crippen LogP contribution in [0.3, 0.4) is 0 Å². The number of aromatic nitrogens is 2. The molecule has 6 heteroatoms. The first-order valence-corrected chi connectivity index (χ1v) is 12.4. The Balaban J connectivity index is 1.23. The summed E-state index contributed by atoms with van der Waals surface area (Å²) in [6.45, 7) is 5.28. The second kappa shape index (κ2) is 11.4. The van der Waals surface area contributed by atoms with Gasteiger partial charge < -0.3 is 15.5 Å². The zero-order chi connectivity index (χ0) is 22.2. The highest BCUT2D eigenvalue weighted by molar-refractivity contribution is 5.94. The number of benzene rings is 1. The van der Waals surface area contributed by atoms with Gasteiger partial charge in [0.1, 0.15) is 0 Å². The second-order valence-electron chi connectivity index (χ2n) is 9.34. The average molecular weight is 436 g/mol. The third kappa shape index (κ3) is 6.28. The van der Waals surface area contributed by atoms with Crippen LogP contribution in [0.5, 0.6) is 0 Å². The summed E-state index contributed by atoms with van der Waals surface area (Å²) in [5.74, 6) is 0.696. The number of hydrogen-bond donors (Lipinski definition) is 2. The third-order valence-corrected chi connectivity index (χ3v) is 6.92. The molecule has 1 aliphatic heterocycles. The van der Waals surface area contributed by atoms with Gasteiger partial charge in [-0.05, 0) is 63.3 Å². The highest BCUT2D eigenvalue weighted by Gasteiger charge is 2.17. The van der Waals surface area contributed by atoms with E-state index in [1.165, 1.54) is 57.9 Å². The highest BCUT2D eigenvalue weighted by Crippen LogP contribution is 2.22. The van der Waals surface area contributed by atoms with E-state index in [2.05, 4.69) is 32.4 Å². The van der Waals surface area contributed by atoms with Crippen LogP contribution in [0, 0.1) is 0 Å². The Kier molecular flexibility index (Phi) is 8.10. The monoisotopic (exact) mass is 435 g/mol. The minimum absolute atomic E-state index is 0.00785. The Morgan fingerprint density at radius 3 is 2.41 bits per heavy atom. The number of carbonyl (C=O) groups excluding carboxylic acids is 1. The van der Waals surface area contributed by atoms with Crippen LogP contribution in [0.15, 0.2) is 36.7 Å². The van der Waals surface area contributed by atoms with E-state index < -0.39 is 0 Å². The molecule has 6 nitrogen and oxygen atoms in total. The van der Waals surface area contributed by atoms with Crippen LogP contribution >= 0.6 is 0 Å². The molecule has 1 atom stereocenters. The van der Waals surface area contributed by atoms with E-state index >= 15 is 0 Å². The number of likely N-dealkylation sites (tertiary alicyclic amines) is 1. The van der Waals surface area contributed by atoms with E-state index in [1.54, 1.807) is 0 Å². The summed E-state index contributed by atoms with van der Waals surface area (Å²) in [7, 11) is 0. The molecular weight excluding hydrogens is 398 g/mol. The van der Waals surface area contributed by atoms with Gasteiger partial charge in [0.15, 0.2) is 0 Å². The van der Waals surface area contributed by atoms with Crippen LogP contribution < -0.4 is 10.6 Å². The molecule has 32 heavy (non-hydrogen) atoms. The number of nitrogens with one attached hydrogen (secondary N) is 2. The number of piperidine rings is 1. The first kappa shape index (κ1) is 22.7. The van der Waals surface area contributed by atoms with Crippen LogP contribution in [0.25, 0.3) is 11.1 Å². The molecule has 2 fully saturated rings. The van der Waals surface area contributed by atoms with Crippen molar-refractivity contribution in [2.45, 2.75) is 76.8 Å². The predicted octanol–water partition coefficient (Wildman–Crippen LogP) is 4.88. The van der Waals surface area contributed by atoms with Gasteiger partial charge >= 0.3 is 0 Å². The summed E-state index contributed by atoms with van der Waals surface area (Å²) < 4.78 is 0. The molecule has 2 aromatic rings. The molecule has 0 spiro atoms. The molecule has 0 unspecified atom stereocenters. The minimum atomic E-state index is -0.00785. The van der Waals surface area contributed by atoms with Gasteiger partial charge in [-0.1, -0.05) is 37.8 Å². The minimum Gasteiger partial charge on any atom is -0.352 e. The van der Waals surface area contributed by atoms with Crippen molar-refractivity contribution >= 4 is 11.9 Å². The summed E-state index contributed by atoms with van der Waals surface area (Å²) in [6.07, 6.45) is 15.0. The maximum absolute atomic E-state index is 12.5. The lowest BCUT2D eigenvalue weighted by molar-refractivity contribution is 0.0949. The van der Waals surface area contributed by atoms with E-state index in [-0.39, 0.29) is 5.91 Å². The topological polar surface area (TPSA) is 70.2 Å². The van der Waals surface area contributed by atoms with E-state index in [9.17, 15) is 4.79 Å². The largest absolute Gasteiger partial charge is 0.352 e. The Labute approximate surface area is 192 Å². The molecule has 1 aromatic carbocycles. The molecule has 0 bridgehead atoms. The predicted molar refractivity (Wildman–Crippen MR) is 130 cm³/mol. The van der Waals surface area contributed by atoms with E-state index in [0.29, 0.717) is 30.1 Å². The number of amides is 1. The fourth-order valence-electron chi connectivity index (χ4n) is 4.87. The second-order valence-corrected chi connectivity index (χ2v) is 9.34. The fourth-order valence-corrected chi connectivity index (χ4v) is 4.87. The molecule has 172 valence electrons. The molecule has 1 aliphatic carbocycles. The lowest BCUT2D eigenvalue weighted by Crippen LogP contribution is -2.39. The Morgan fingerprint density at radius 2 is 1.69 bits per heavy atom. The zero-order valence-electron chi connectivity index (χ0n) is 19.4. The van der Waals surface area contributed by atoms with Crippen molar-refractivity contribution in [1.29, 1.82) is 0 Å². The normalized spacial score (nSPS) is 20.1. The Bertz CT molecular complexity index is 846. The Hall–Kier alpha value is -2.47. The van der Waals surface area contributed by atoms with Gasteiger partial charge in [0.05, 0.1) is 0 Å². The molecule has 1 saturated carbocycles. The summed E-state index contributed by atoms with van der Waals surface area (Å²) in [6, 6.07) is 8.87. The van der Waals surface area contributed by atoms with Crippen LogP contribution in [0.4, 0.5) is 5.95 Å². The van der Waals surface area contributed by atoms with Crippen LogP contribution in [0.1, 0.15) is 75.1 Å². The molecule has 4 rings (SSSR count). The Morgan fingerprint density at radius 1 is 0.969 bits per heavy atom. The molecule has 1 saturated heterocycles. The van der Waals surface area contributed by atoms with Crippen molar-refractivity contribution in [2.24, 2.45) is 0 Å². The summed E-state index contributed by atoms with van der Waals surface area (Å²) in [5, 5.41) is 6.51. The standard InChI is InChI=1S/C26H37N5O/c1-20-8-5-6-16-31(20)17-7-15-27-25(32)22-13-11-21(12-14-22)23-18-28-26(29-19-23)30-24-9-3-2-4-10-24/h11-14,18-20,24H,2-10,15-17H2,1H3,(H,27,32)(H,28,29,30)/t20-/m0/s1. The van der Waals surface area contributed by atoms with Gasteiger partial charge in [0.2, 0.25) is 5.95 Å². The van der Waals surface area contributed by atoms with Gasteiger partial charge in [-0.25, -0.2) is 9.97 Å². The molecule has 2 aliphatic rings. The van der Waals surface area contributed by atoms with Crippen LogP contribution in [-0.4, -0.2) is 52.5 Å². The number of rotatable bonds is 8. The van der Waals surface area contributed by atoms with Crippen LogP contribution in [-0.2, 0) is 0 Å². The average Bonchev–Trinajstić information content (AvgIpc) is 2.84. The number of anilines is 1. The fraction of sp³-hybridized carbons (Fsp3) is 0.577. The number of nitrogens with zero attached hydrogens (tertiary/aromatic N) is 3. The quantitative estimate of drug-likeness (QED) is 0.578. The van der Waals surface area contributed by atoms with Crippen molar-refractivity contribution in [3.05, 3.63) is 42.2 Å². The SMILES string of the molecule is C[C@H]1CCCCN1CCCNC(=O)c1ccc(-c2cnc(NC3CCCCC3)nc2)cc1. The summed E-state index contributed by atoms with van der Waals surface area (Å²) in [4.78, 5) is 24.0. The molecule has 0 radical (unpaired) electrons. The zero-order valence-corrected chi connectivity index (χ0v) is 19.4. The number of hydrogen-bond acceptors (Lipinski definition) is 5. The first-order valence-electron chi connectivity index (χ1n) is 12.4. The third-order valence-electron chi connectivity index (χ3n) is 6.92. The van der Waals surface area contributed by atoms with Crippen molar-refractivity contribution in [3.8, 4) is 11.1 Å². The van der Waals surface area contributed by atoms with Crippen molar-refractivity contribution in [3.63, 3.8) is 0 Å². The van der Waals surface area contributed by atoms with E-state index in [4.69, 9.17) is 0 Å².